The highest BCUT2D eigenvalue weighted by Gasteiger charge is 2.34. The summed E-state index contributed by atoms with van der Waals surface area (Å²) in [5.74, 6) is 0.417. The van der Waals surface area contributed by atoms with Gasteiger partial charge in [-0.1, -0.05) is 25.2 Å². The van der Waals surface area contributed by atoms with E-state index in [0.29, 0.717) is 10.7 Å². The number of carbonyl (C=O) groups is 1. The number of thiazole rings is 1. The van der Waals surface area contributed by atoms with Gasteiger partial charge < -0.3 is 20.9 Å². The van der Waals surface area contributed by atoms with Gasteiger partial charge in [0, 0.05) is 39.3 Å². The van der Waals surface area contributed by atoms with E-state index in [1.807, 2.05) is 4.90 Å². The molecule has 2 saturated heterocycles. The van der Waals surface area contributed by atoms with Crippen molar-refractivity contribution in [3.8, 4) is 0 Å². The van der Waals surface area contributed by atoms with E-state index < -0.39 is 0 Å². The van der Waals surface area contributed by atoms with E-state index in [1.165, 1.54) is 11.3 Å². The number of carbonyl (C=O) groups excluding carboxylic acids is 1. The number of nitrogens with zero attached hydrogens (tertiary/aromatic N) is 3. The fraction of sp³-hybridized carbons (Fsp3) is 0.714. The smallest absolute Gasteiger partial charge is 0.267 e. The summed E-state index contributed by atoms with van der Waals surface area (Å²) in [6.45, 7) is 9.73. The first-order chi connectivity index (χ1) is 9.96. The molecule has 2 aliphatic rings. The van der Waals surface area contributed by atoms with E-state index >= 15 is 0 Å². The van der Waals surface area contributed by atoms with Crippen LogP contribution in [0.2, 0.25) is 0 Å². The van der Waals surface area contributed by atoms with E-state index in [-0.39, 0.29) is 11.3 Å². The normalized spacial score (nSPS) is 21.8. The maximum atomic E-state index is 12.6. The summed E-state index contributed by atoms with van der Waals surface area (Å²) in [4.78, 5) is 21.8. The molecule has 2 fully saturated rings. The predicted molar refractivity (Wildman–Crippen MR) is 85.9 cm³/mol. The van der Waals surface area contributed by atoms with Crippen LogP contribution in [0.5, 0.6) is 0 Å². The number of hydrogen-bond donors (Lipinski definition) is 2. The summed E-state index contributed by atoms with van der Waals surface area (Å²) >= 11 is 1.43. The summed E-state index contributed by atoms with van der Waals surface area (Å²) in [6.07, 6.45) is 1.04. The van der Waals surface area contributed by atoms with Crippen LogP contribution in [0.15, 0.2) is 0 Å². The first-order valence-corrected chi connectivity index (χ1v) is 8.29. The van der Waals surface area contributed by atoms with Gasteiger partial charge >= 0.3 is 0 Å². The van der Waals surface area contributed by atoms with Gasteiger partial charge in [0.1, 0.15) is 10.7 Å². The van der Waals surface area contributed by atoms with Crippen molar-refractivity contribution in [3.05, 3.63) is 4.88 Å². The minimum absolute atomic E-state index is 0.0389. The van der Waals surface area contributed by atoms with Crippen LogP contribution in [0.3, 0.4) is 0 Å². The minimum Gasteiger partial charge on any atom is -0.382 e. The van der Waals surface area contributed by atoms with Crippen molar-refractivity contribution in [1.29, 1.82) is 0 Å². The summed E-state index contributed by atoms with van der Waals surface area (Å²) in [7, 11) is 0. The zero-order valence-corrected chi connectivity index (χ0v) is 13.5. The Morgan fingerprint density at radius 1 is 1.33 bits per heavy atom. The SMILES string of the molecule is CC1(C)CCN(C(=O)c2sc(N3CCNCC3)nc2N)C1. The third kappa shape index (κ3) is 2.98. The number of likely N-dealkylation sites (tertiary alicyclic amines) is 1. The minimum atomic E-state index is 0.0389. The standard InChI is InChI=1S/C14H23N5OS/c1-14(2)3-6-19(9-14)12(20)10-11(15)17-13(21-10)18-7-4-16-5-8-18/h16H,3-9,15H2,1-2H3. The lowest BCUT2D eigenvalue weighted by Gasteiger charge is -2.26. The molecule has 3 heterocycles. The lowest BCUT2D eigenvalue weighted by Crippen LogP contribution is -2.43. The maximum Gasteiger partial charge on any atom is 0.267 e. The van der Waals surface area contributed by atoms with Gasteiger partial charge in [-0.3, -0.25) is 4.79 Å². The molecule has 0 aliphatic carbocycles. The van der Waals surface area contributed by atoms with Crippen LogP contribution < -0.4 is 16.0 Å². The average molecular weight is 309 g/mol. The molecule has 3 N–H and O–H groups in total. The summed E-state index contributed by atoms with van der Waals surface area (Å²) in [5.41, 5.74) is 6.20. The summed E-state index contributed by atoms with van der Waals surface area (Å²) in [6, 6.07) is 0. The van der Waals surface area contributed by atoms with Crippen LogP contribution in [0, 0.1) is 5.41 Å². The van der Waals surface area contributed by atoms with Crippen molar-refractivity contribution in [3.63, 3.8) is 0 Å². The molecule has 0 saturated carbocycles. The highest BCUT2D eigenvalue weighted by molar-refractivity contribution is 7.18. The second-order valence-corrected chi connectivity index (χ2v) is 7.57. The number of aromatic nitrogens is 1. The van der Waals surface area contributed by atoms with E-state index in [1.54, 1.807) is 0 Å². The fourth-order valence-corrected chi connectivity index (χ4v) is 3.90. The second-order valence-electron chi connectivity index (χ2n) is 6.59. The molecular formula is C14H23N5OS. The molecule has 1 aromatic heterocycles. The summed E-state index contributed by atoms with van der Waals surface area (Å²) < 4.78 is 0. The van der Waals surface area contributed by atoms with Crippen LogP contribution in [-0.4, -0.2) is 55.1 Å². The number of piperazine rings is 1. The highest BCUT2D eigenvalue weighted by atomic mass is 32.1. The third-order valence-corrected chi connectivity index (χ3v) is 5.31. The number of anilines is 2. The molecule has 3 rings (SSSR count). The van der Waals surface area contributed by atoms with Gasteiger partial charge in [-0.05, 0) is 11.8 Å². The fourth-order valence-electron chi connectivity index (χ4n) is 2.89. The zero-order valence-electron chi connectivity index (χ0n) is 12.7. The van der Waals surface area contributed by atoms with Crippen molar-refractivity contribution in [2.45, 2.75) is 20.3 Å². The van der Waals surface area contributed by atoms with Crippen LogP contribution in [0.25, 0.3) is 0 Å². The topological polar surface area (TPSA) is 74.5 Å². The van der Waals surface area contributed by atoms with Gasteiger partial charge in [0.15, 0.2) is 5.13 Å². The molecule has 1 amide bonds. The maximum absolute atomic E-state index is 12.6. The Kier molecular flexibility index (Phi) is 3.79. The van der Waals surface area contributed by atoms with Crippen LogP contribution in [0.1, 0.15) is 29.9 Å². The molecule has 1 aromatic rings. The van der Waals surface area contributed by atoms with Gasteiger partial charge in [-0.2, -0.15) is 0 Å². The van der Waals surface area contributed by atoms with E-state index in [9.17, 15) is 4.79 Å². The molecule has 0 atom stereocenters. The molecule has 0 spiro atoms. The van der Waals surface area contributed by atoms with E-state index in [4.69, 9.17) is 5.73 Å². The molecule has 0 unspecified atom stereocenters. The van der Waals surface area contributed by atoms with Crippen LogP contribution in [-0.2, 0) is 0 Å². The molecule has 7 heteroatoms. The number of rotatable bonds is 2. The first-order valence-electron chi connectivity index (χ1n) is 7.47. The molecule has 2 aliphatic heterocycles. The Hall–Kier alpha value is -1.34. The largest absolute Gasteiger partial charge is 0.382 e. The van der Waals surface area contributed by atoms with Gasteiger partial charge in [-0.15, -0.1) is 0 Å². The van der Waals surface area contributed by atoms with Gasteiger partial charge in [0.25, 0.3) is 5.91 Å². The highest BCUT2D eigenvalue weighted by Crippen LogP contribution is 2.34. The third-order valence-electron chi connectivity index (χ3n) is 4.19. The summed E-state index contributed by atoms with van der Waals surface area (Å²) in [5, 5.41) is 4.18. The Bertz CT molecular complexity index is 535. The molecule has 21 heavy (non-hydrogen) atoms. The lowest BCUT2D eigenvalue weighted by molar-refractivity contribution is 0.0784. The van der Waals surface area contributed by atoms with Gasteiger partial charge in [0.05, 0.1) is 0 Å². The van der Waals surface area contributed by atoms with Crippen molar-refractivity contribution in [1.82, 2.24) is 15.2 Å². The van der Waals surface area contributed by atoms with Gasteiger partial charge in [0.2, 0.25) is 0 Å². The molecule has 6 nitrogen and oxygen atoms in total. The second kappa shape index (κ2) is 5.46. The zero-order chi connectivity index (χ0) is 15.0. The van der Waals surface area contributed by atoms with Crippen LogP contribution in [0.4, 0.5) is 10.9 Å². The van der Waals surface area contributed by atoms with Gasteiger partial charge in [-0.25, -0.2) is 4.98 Å². The number of nitrogen functional groups attached to an aromatic ring is 1. The van der Waals surface area contributed by atoms with E-state index in [0.717, 1.165) is 50.8 Å². The van der Waals surface area contributed by atoms with Crippen molar-refractivity contribution in [2.75, 3.05) is 49.9 Å². The Labute approximate surface area is 129 Å². The molecule has 0 radical (unpaired) electrons. The Balaban J connectivity index is 1.76. The predicted octanol–water partition coefficient (Wildman–Crippen LogP) is 1.01. The molecular weight excluding hydrogens is 286 g/mol. The number of hydrogen-bond acceptors (Lipinski definition) is 6. The van der Waals surface area contributed by atoms with E-state index in [2.05, 4.69) is 29.0 Å². The van der Waals surface area contributed by atoms with Crippen LogP contribution >= 0.6 is 11.3 Å². The number of nitrogens with one attached hydrogen (secondary N) is 1. The monoisotopic (exact) mass is 309 g/mol. The molecule has 0 bridgehead atoms. The van der Waals surface area contributed by atoms with Crippen molar-refractivity contribution in [2.24, 2.45) is 5.41 Å². The van der Waals surface area contributed by atoms with Crippen molar-refractivity contribution < 1.29 is 4.79 Å². The molecule has 116 valence electrons. The van der Waals surface area contributed by atoms with Crippen molar-refractivity contribution >= 4 is 28.2 Å². The number of amides is 1. The lowest BCUT2D eigenvalue weighted by atomic mass is 9.93. The first kappa shape index (κ1) is 14.6. The Morgan fingerprint density at radius 2 is 2.05 bits per heavy atom. The quantitative estimate of drug-likeness (QED) is 0.853. The molecule has 0 aromatic carbocycles. The average Bonchev–Trinajstić information content (AvgIpc) is 3.02. The Morgan fingerprint density at radius 3 is 2.67 bits per heavy atom. The number of nitrogens with two attached hydrogens (primary N) is 1.